The van der Waals surface area contributed by atoms with Crippen molar-refractivity contribution in [2.45, 2.75) is 32.4 Å². The summed E-state index contributed by atoms with van der Waals surface area (Å²) in [5.74, 6) is 1.91. The van der Waals surface area contributed by atoms with Gasteiger partial charge in [0.2, 0.25) is 5.89 Å². The zero-order valence-electron chi connectivity index (χ0n) is 12.2. The van der Waals surface area contributed by atoms with Gasteiger partial charge in [0.05, 0.1) is 17.5 Å². The fraction of sp³-hybridized carbons (Fsp3) is 0.400. The molecule has 1 aliphatic rings. The summed E-state index contributed by atoms with van der Waals surface area (Å²) in [6.07, 6.45) is 4.47. The highest BCUT2D eigenvalue weighted by molar-refractivity contribution is 7.13. The summed E-state index contributed by atoms with van der Waals surface area (Å²) in [5, 5.41) is 15.0. The van der Waals surface area contributed by atoms with Gasteiger partial charge in [-0.1, -0.05) is 6.07 Å². The van der Waals surface area contributed by atoms with Crippen LogP contribution in [0.2, 0.25) is 0 Å². The number of aromatic nitrogens is 3. The van der Waals surface area contributed by atoms with Crippen LogP contribution in [0, 0.1) is 12.8 Å². The molecule has 1 fully saturated rings. The predicted octanol–water partition coefficient (Wildman–Crippen LogP) is 3.80. The van der Waals surface area contributed by atoms with Crippen molar-refractivity contribution in [3.8, 4) is 10.8 Å². The first-order valence-electron chi connectivity index (χ1n) is 7.31. The minimum absolute atomic E-state index is 0.302. The standard InChI is InChI=1S/C15H16N4OS2/c1-9-7-17-15(22-9)13(10-4-5-10)16-8-12-18-19-14(20-12)11-3-2-6-21-11/h2-3,6-7,10,13,16H,4-5,8H2,1H3. The molecular weight excluding hydrogens is 316 g/mol. The van der Waals surface area contributed by atoms with Gasteiger partial charge in [0.15, 0.2) is 0 Å². The normalized spacial score (nSPS) is 16.0. The molecule has 0 aliphatic heterocycles. The lowest BCUT2D eigenvalue weighted by molar-refractivity contribution is 0.420. The quantitative estimate of drug-likeness (QED) is 0.744. The lowest BCUT2D eigenvalue weighted by atomic mass is 10.2. The second kappa shape index (κ2) is 5.91. The number of thiazole rings is 1. The zero-order chi connectivity index (χ0) is 14.9. The van der Waals surface area contributed by atoms with Gasteiger partial charge in [-0.3, -0.25) is 5.32 Å². The second-order valence-electron chi connectivity index (χ2n) is 5.48. The monoisotopic (exact) mass is 332 g/mol. The second-order valence-corrected chi connectivity index (χ2v) is 7.70. The lowest BCUT2D eigenvalue weighted by Crippen LogP contribution is -2.22. The van der Waals surface area contributed by atoms with E-state index in [9.17, 15) is 0 Å². The van der Waals surface area contributed by atoms with E-state index in [0.29, 0.717) is 30.3 Å². The molecule has 1 unspecified atom stereocenters. The smallest absolute Gasteiger partial charge is 0.257 e. The van der Waals surface area contributed by atoms with Gasteiger partial charge in [0.1, 0.15) is 5.01 Å². The van der Waals surface area contributed by atoms with E-state index in [1.54, 1.807) is 22.7 Å². The van der Waals surface area contributed by atoms with Crippen LogP contribution in [0.4, 0.5) is 0 Å². The third-order valence-corrected chi connectivity index (χ3v) is 5.52. The van der Waals surface area contributed by atoms with E-state index in [1.165, 1.54) is 17.7 Å². The Morgan fingerprint density at radius 2 is 2.32 bits per heavy atom. The molecule has 0 saturated heterocycles. The molecule has 0 aromatic carbocycles. The van der Waals surface area contributed by atoms with Crippen LogP contribution in [-0.2, 0) is 6.54 Å². The molecule has 3 aromatic rings. The van der Waals surface area contributed by atoms with E-state index >= 15 is 0 Å². The predicted molar refractivity (Wildman–Crippen MR) is 86.8 cm³/mol. The third-order valence-electron chi connectivity index (χ3n) is 3.67. The maximum Gasteiger partial charge on any atom is 0.257 e. The summed E-state index contributed by atoms with van der Waals surface area (Å²) in [5.41, 5.74) is 0. The van der Waals surface area contributed by atoms with Gasteiger partial charge in [0.25, 0.3) is 5.89 Å². The zero-order valence-corrected chi connectivity index (χ0v) is 13.8. The Labute approximate surface area is 136 Å². The van der Waals surface area contributed by atoms with Crippen LogP contribution in [0.1, 0.15) is 34.7 Å². The molecule has 4 rings (SSSR count). The molecule has 0 radical (unpaired) electrons. The van der Waals surface area contributed by atoms with Crippen molar-refractivity contribution in [3.05, 3.63) is 39.5 Å². The first kappa shape index (κ1) is 14.0. The average molecular weight is 332 g/mol. The molecule has 1 aliphatic carbocycles. The van der Waals surface area contributed by atoms with Crippen molar-refractivity contribution in [1.29, 1.82) is 0 Å². The van der Waals surface area contributed by atoms with E-state index < -0.39 is 0 Å². The van der Waals surface area contributed by atoms with Gasteiger partial charge < -0.3 is 4.42 Å². The van der Waals surface area contributed by atoms with Crippen LogP contribution in [0.3, 0.4) is 0 Å². The molecule has 0 spiro atoms. The van der Waals surface area contributed by atoms with Crippen molar-refractivity contribution >= 4 is 22.7 Å². The summed E-state index contributed by atoms with van der Waals surface area (Å²) in [7, 11) is 0. The van der Waals surface area contributed by atoms with Gasteiger partial charge in [0, 0.05) is 11.1 Å². The summed E-state index contributed by atoms with van der Waals surface area (Å²) < 4.78 is 5.73. The third kappa shape index (κ3) is 2.97. The molecule has 1 atom stereocenters. The van der Waals surface area contributed by atoms with Gasteiger partial charge in [-0.15, -0.1) is 32.9 Å². The number of nitrogens with one attached hydrogen (secondary N) is 1. The lowest BCUT2D eigenvalue weighted by Gasteiger charge is -2.14. The molecule has 114 valence electrons. The molecule has 3 heterocycles. The van der Waals surface area contributed by atoms with E-state index in [0.717, 1.165) is 9.88 Å². The van der Waals surface area contributed by atoms with Crippen LogP contribution >= 0.6 is 22.7 Å². The molecular formula is C15H16N4OS2. The Morgan fingerprint density at radius 1 is 1.41 bits per heavy atom. The fourth-order valence-electron chi connectivity index (χ4n) is 2.42. The topological polar surface area (TPSA) is 63.8 Å². The largest absolute Gasteiger partial charge is 0.419 e. The SMILES string of the molecule is Cc1cnc(C(NCc2nnc(-c3cccs3)o2)C2CC2)s1. The van der Waals surface area contributed by atoms with Gasteiger partial charge in [-0.05, 0) is 37.1 Å². The van der Waals surface area contributed by atoms with E-state index in [1.807, 2.05) is 23.7 Å². The Hall–Kier alpha value is -1.57. The fourth-order valence-corrected chi connectivity index (χ4v) is 4.01. The minimum atomic E-state index is 0.302. The highest BCUT2D eigenvalue weighted by Crippen LogP contribution is 2.42. The van der Waals surface area contributed by atoms with Crippen molar-refractivity contribution in [1.82, 2.24) is 20.5 Å². The minimum Gasteiger partial charge on any atom is -0.419 e. The van der Waals surface area contributed by atoms with E-state index in [-0.39, 0.29) is 0 Å². The molecule has 22 heavy (non-hydrogen) atoms. The number of aryl methyl sites for hydroxylation is 1. The molecule has 5 nitrogen and oxygen atoms in total. The first-order valence-corrected chi connectivity index (χ1v) is 9.01. The highest BCUT2D eigenvalue weighted by Gasteiger charge is 2.34. The van der Waals surface area contributed by atoms with Crippen LogP contribution in [0.25, 0.3) is 10.8 Å². The molecule has 3 aromatic heterocycles. The maximum absolute atomic E-state index is 5.73. The highest BCUT2D eigenvalue weighted by atomic mass is 32.1. The molecule has 1 saturated carbocycles. The average Bonchev–Trinajstić information content (AvgIpc) is 2.96. The summed E-state index contributed by atoms with van der Waals surface area (Å²) in [6, 6.07) is 4.27. The number of hydrogen-bond donors (Lipinski definition) is 1. The Bertz CT molecular complexity index is 745. The van der Waals surface area contributed by atoms with Crippen LogP contribution in [-0.4, -0.2) is 15.2 Å². The Kier molecular flexibility index (Phi) is 3.77. The Balaban J connectivity index is 1.44. The van der Waals surface area contributed by atoms with E-state index in [4.69, 9.17) is 4.42 Å². The van der Waals surface area contributed by atoms with Gasteiger partial charge in [-0.25, -0.2) is 4.98 Å². The number of nitrogens with zero attached hydrogens (tertiary/aromatic N) is 3. The van der Waals surface area contributed by atoms with Crippen molar-refractivity contribution < 1.29 is 4.42 Å². The Morgan fingerprint density at radius 3 is 3.00 bits per heavy atom. The number of rotatable bonds is 6. The van der Waals surface area contributed by atoms with Crippen LogP contribution in [0.5, 0.6) is 0 Å². The molecule has 0 bridgehead atoms. The number of thiophene rings is 1. The first-order chi connectivity index (χ1) is 10.8. The van der Waals surface area contributed by atoms with Gasteiger partial charge >= 0.3 is 0 Å². The molecule has 7 heteroatoms. The van der Waals surface area contributed by atoms with Gasteiger partial charge in [-0.2, -0.15) is 0 Å². The summed E-state index contributed by atoms with van der Waals surface area (Å²) in [6.45, 7) is 2.68. The molecule has 1 N–H and O–H groups in total. The van der Waals surface area contributed by atoms with Crippen LogP contribution < -0.4 is 5.32 Å². The number of hydrogen-bond acceptors (Lipinski definition) is 7. The molecule has 0 amide bonds. The van der Waals surface area contributed by atoms with Crippen molar-refractivity contribution in [3.63, 3.8) is 0 Å². The van der Waals surface area contributed by atoms with Crippen molar-refractivity contribution in [2.24, 2.45) is 5.92 Å². The summed E-state index contributed by atoms with van der Waals surface area (Å²) >= 11 is 3.37. The summed E-state index contributed by atoms with van der Waals surface area (Å²) in [4.78, 5) is 6.78. The van der Waals surface area contributed by atoms with Crippen LogP contribution in [0.15, 0.2) is 28.1 Å². The van der Waals surface area contributed by atoms with Crippen molar-refractivity contribution in [2.75, 3.05) is 0 Å². The van der Waals surface area contributed by atoms with E-state index in [2.05, 4.69) is 27.4 Å². The maximum atomic E-state index is 5.73.